The van der Waals surface area contributed by atoms with Crippen LogP contribution >= 0.6 is 0 Å². The number of nitrogens with one attached hydrogen (secondary N) is 2. The highest BCUT2D eigenvalue weighted by Crippen LogP contribution is 2.27. The van der Waals surface area contributed by atoms with Gasteiger partial charge in [0.2, 0.25) is 0 Å². The monoisotopic (exact) mass is 404 g/mol. The Kier molecular flexibility index (Phi) is 8.07. The molecule has 0 saturated heterocycles. The molecule has 0 saturated carbocycles. The minimum Gasteiger partial charge on any atom is -0.361 e. The van der Waals surface area contributed by atoms with Crippen molar-refractivity contribution in [3.8, 4) is 0 Å². The van der Waals surface area contributed by atoms with Gasteiger partial charge < -0.3 is 15.2 Å². The molecule has 0 radical (unpaired) electrons. The predicted octanol–water partition coefficient (Wildman–Crippen LogP) is 4.61. The summed E-state index contributed by atoms with van der Waals surface area (Å²) in [5.74, 6) is 2.08. The van der Waals surface area contributed by atoms with Gasteiger partial charge in [-0.25, -0.2) is 0 Å². The van der Waals surface area contributed by atoms with E-state index in [4.69, 9.17) is 9.52 Å². The van der Waals surface area contributed by atoms with Gasteiger partial charge in [-0.05, 0) is 44.7 Å². The van der Waals surface area contributed by atoms with Crippen molar-refractivity contribution in [2.75, 3.05) is 19.6 Å². The molecule has 5 heteroatoms. The number of nitrogens with zero attached hydrogens (tertiary/aromatic N) is 2. The van der Waals surface area contributed by atoms with Crippen LogP contribution in [0.2, 0.25) is 0 Å². The summed E-state index contributed by atoms with van der Waals surface area (Å²) in [6, 6.07) is 21.4. The van der Waals surface area contributed by atoms with Crippen LogP contribution in [0.25, 0.3) is 0 Å². The molecule has 1 aromatic heterocycles. The molecule has 3 rings (SSSR count). The Balaban J connectivity index is 1.62. The van der Waals surface area contributed by atoms with Crippen molar-refractivity contribution in [1.82, 2.24) is 15.8 Å². The maximum atomic E-state index is 5.25. The largest absolute Gasteiger partial charge is 0.361 e. The molecule has 0 spiro atoms. The van der Waals surface area contributed by atoms with Crippen molar-refractivity contribution in [3.05, 3.63) is 88.8 Å². The van der Waals surface area contributed by atoms with Crippen LogP contribution in [0.3, 0.4) is 0 Å². The van der Waals surface area contributed by atoms with Gasteiger partial charge in [0.1, 0.15) is 5.76 Å². The third kappa shape index (κ3) is 5.96. The zero-order valence-corrected chi connectivity index (χ0v) is 18.2. The number of hydrogen-bond acceptors (Lipinski definition) is 3. The minimum absolute atomic E-state index is 0.335. The van der Waals surface area contributed by atoms with E-state index in [1.807, 2.05) is 13.8 Å². The lowest BCUT2D eigenvalue weighted by molar-refractivity contribution is 0.392. The Morgan fingerprint density at radius 3 is 2.13 bits per heavy atom. The zero-order valence-electron chi connectivity index (χ0n) is 18.2. The number of aryl methyl sites for hydroxylation is 2. The lowest BCUT2D eigenvalue weighted by Crippen LogP contribution is -2.38. The molecule has 2 aromatic carbocycles. The molecular weight excluding hydrogens is 372 g/mol. The van der Waals surface area contributed by atoms with Gasteiger partial charge in [-0.1, -0.05) is 65.8 Å². The molecule has 3 aromatic rings. The van der Waals surface area contributed by atoms with E-state index in [1.54, 1.807) is 0 Å². The van der Waals surface area contributed by atoms with E-state index < -0.39 is 0 Å². The maximum absolute atomic E-state index is 5.25. The number of hydrogen-bond donors (Lipinski definition) is 2. The van der Waals surface area contributed by atoms with E-state index in [0.717, 1.165) is 49.9 Å². The predicted molar refractivity (Wildman–Crippen MR) is 123 cm³/mol. The lowest BCUT2D eigenvalue weighted by atomic mass is 9.89. The van der Waals surface area contributed by atoms with Gasteiger partial charge >= 0.3 is 0 Å². The summed E-state index contributed by atoms with van der Waals surface area (Å²) in [7, 11) is 0. The van der Waals surface area contributed by atoms with Gasteiger partial charge in [-0.15, -0.1) is 0 Å². The van der Waals surface area contributed by atoms with E-state index >= 15 is 0 Å². The highest BCUT2D eigenvalue weighted by molar-refractivity contribution is 5.79. The average molecular weight is 405 g/mol. The second-order valence-electron chi connectivity index (χ2n) is 7.40. The second-order valence-corrected chi connectivity index (χ2v) is 7.40. The summed E-state index contributed by atoms with van der Waals surface area (Å²) in [5, 5.41) is 10.8. The molecule has 30 heavy (non-hydrogen) atoms. The highest BCUT2D eigenvalue weighted by atomic mass is 16.5. The first-order chi connectivity index (χ1) is 14.7. The first-order valence-corrected chi connectivity index (χ1v) is 10.7. The van der Waals surface area contributed by atoms with Crippen molar-refractivity contribution < 1.29 is 4.52 Å². The van der Waals surface area contributed by atoms with Gasteiger partial charge in [-0.2, -0.15) is 0 Å². The molecule has 0 atom stereocenters. The Hall–Kier alpha value is -3.08. The Morgan fingerprint density at radius 2 is 1.60 bits per heavy atom. The Morgan fingerprint density at radius 1 is 0.967 bits per heavy atom. The minimum atomic E-state index is 0.335. The molecule has 1 heterocycles. The van der Waals surface area contributed by atoms with E-state index in [9.17, 15) is 0 Å². The summed E-state index contributed by atoms with van der Waals surface area (Å²) < 4.78 is 5.25. The van der Waals surface area contributed by atoms with Crippen LogP contribution < -0.4 is 10.6 Å². The van der Waals surface area contributed by atoms with E-state index in [-0.39, 0.29) is 0 Å². The standard InChI is InChI=1S/C25H32N4O/c1-4-26-25(27-17-15-23-19(2)29-30-20(23)3)28-18-16-24(21-11-7-5-8-12-21)22-13-9-6-10-14-22/h5-14,24H,4,15-18H2,1-3H3,(H2,26,27,28). The number of benzene rings is 2. The fraction of sp³-hybridized carbons (Fsp3) is 0.360. The van der Waals surface area contributed by atoms with Crippen molar-refractivity contribution in [3.63, 3.8) is 0 Å². The second kappa shape index (κ2) is 11.2. The summed E-state index contributed by atoms with van der Waals surface area (Å²) in [4.78, 5) is 4.82. The molecule has 0 amide bonds. The van der Waals surface area contributed by atoms with Crippen LogP contribution in [-0.4, -0.2) is 30.8 Å². The Bertz CT molecular complexity index is 860. The molecular formula is C25H32N4O. The highest BCUT2D eigenvalue weighted by Gasteiger charge is 2.13. The Labute approximate surface area is 179 Å². The van der Waals surface area contributed by atoms with Crippen molar-refractivity contribution in [2.45, 2.75) is 39.5 Å². The van der Waals surface area contributed by atoms with Gasteiger partial charge in [0, 0.05) is 31.1 Å². The molecule has 0 aliphatic carbocycles. The molecule has 2 N–H and O–H groups in total. The number of guanidine groups is 1. The van der Waals surface area contributed by atoms with Crippen LogP contribution in [0.15, 0.2) is 70.2 Å². The first-order valence-electron chi connectivity index (χ1n) is 10.7. The quantitative estimate of drug-likeness (QED) is 0.404. The molecule has 0 bridgehead atoms. The smallest absolute Gasteiger partial charge is 0.191 e. The lowest BCUT2D eigenvalue weighted by Gasteiger charge is -2.18. The fourth-order valence-corrected chi connectivity index (χ4v) is 3.71. The van der Waals surface area contributed by atoms with Crippen LogP contribution in [-0.2, 0) is 6.42 Å². The van der Waals surface area contributed by atoms with Gasteiger partial charge in [0.25, 0.3) is 0 Å². The van der Waals surface area contributed by atoms with E-state index in [1.165, 1.54) is 16.7 Å². The van der Waals surface area contributed by atoms with Crippen LogP contribution in [0, 0.1) is 13.8 Å². The number of aromatic nitrogens is 1. The average Bonchev–Trinajstić information content (AvgIpc) is 3.10. The first kappa shape index (κ1) is 21.6. The SMILES string of the molecule is CCNC(=NCCC(c1ccccc1)c1ccccc1)NCCc1c(C)noc1C. The topological polar surface area (TPSA) is 62.5 Å². The van der Waals surface area contributed by atoms with Gasteiger partial charge in [-0.3, -0.25) is 4.99 Å². The third-order valence-electron chi connectivity index (χ3n) is 5.28. The van der Waals surface area contributed by atoms with E-state index in [0.29, 0.717) is 5.92 Å². The molecule has 0 unspecified atom stereocenters. The molecule has 0 fully saturated rings. The third-order valence-corrected chi connectivity index (χ3v) is 5.28. The van der Waals surface area contributed by atoms with Gasteiger partial charge in [0.15, 0.2) is 5.96 Å². The normalized spacial score (nSPS) is 11.7. The molecule has 0 aliphatic heterocycles. The summed E-state index contributed by atoms with van der Waals surface area (Å²) in [6.45, 7) is 8.39. The zero-order chi connectivity index (χ0) is 21.2. The summed E-state index contributed by atoms with van der Waals surface area (Å²) in [6.07, 6.45) is 1.82. The van der Waals surface area contributed by atoms with Crippen molar-refractivity contribution in [2.24, 2.45) is 4.99 Å². The van der Waals surface area contributed by atoms with Gasteiger partial charge in [0.05, 0.1) is 5.69 Å². The van der Waals surface area contributed by atoms with Crippen LogP contribution in [0.1, 0.15) is 47.4 Å². The summed E-state index contributed by atoms with van der Waals surface area (Å²) >= 11 is 0. The maximum Gasteiger partial charge on any atom is 0.191 e. The van der Waals surface area contributed by atoms with Crippen LogP contribution in [0.5, 0.6) is 0 Å². The van der Waals surface area contributed by atoms with Crippen molar-refractivity contribution >= 4 is 5.96 Å². The number of aliphatic imine (C=N–C) groups is 1. The molecule has 0 aliphatic rings. The van der Waals surface area contributed by atoms with E-state index in [2.05, 4.69) is 83.4 Å². The molecule has 5 nitrogen and oxygen atoms in total. The summed E-state index contributed by atoms with van der Waals surface area (Å²) in [5.41, 5.74) is 4.79. The van der Waals surface area contributed by atoms with Crippen molar-refractivity contribution in [1.29, 1.82) is 0 Å². The fourth-order valence-electron chi connectivity index (χ4n) is 3.71. The van der Waals surface area contributed by atoms with Crippen LogP contribution in [0.4, 0.5) is 0 Å². The number of rotatable bonds is 9. The molecule has 158 valence electrons.